The number of β-amino-alcohol motifs (C(OH)–C–C–N with tert-alkyl or cyclic N) is 1. The number of fused-ring (bicyclic) bond motifs is 1. The Morgan fingerprint density at radius 2 is 1.92 bits per heavy atom. The van der Waals surface area contributed by atoms with Gasteiger partial charge >= 0.3 is 0 Å². The van der Waals surface area contributed by atoms with Crippen LogP contribution in [-0.4, -0.2) is 73.8 Å². The van der Waals surface area contributed by atoms with Crippen molar-refractivity contribution >= 4 is 5.69 Å². The number of nitrogens with zero attached hydrogens (tertiary/aromatic N) is 3. The third kappa shape index (κ3) is 6.86. The first-order chi connectivity index (χ1) is 19.0. The lowest BCUT2D eigenvalue weighted by Crippen LogP contribution is -2.49. The first-order valence-electron chi connectivity index (χ1n) is 13.6. The Hall–Kier alpha value is -3.24. The molecular formula is C30H38N4O5. The summed E-state index contributed by atoms with van der Waals surface area (Å²) in [6.07, 6.45) is 0.222. The molecule has 9 nitrogen and oxygen atoms in total. The number of ether oxygens (including phenoxy) is 4. The molecule has 9 heteroatoms. The summed E-state index contributed by atoms with van der Waals surface area (Å²) < 4.78 is 23.5. The largest absolute Gasteiger partial charge is 0.490 e. The first-order valence-corrected chi connectivity index (χ1v) is 13.6. The second-order valence-corrected chi connectivity index (χ2v) is 10.2. The summed E-state index contributed by atoms with van der Waals surface area (Å²) in [5.41, 5.74) is 4.05. The van der Waals surface area contributed by atoms with E-state index in [0.29, 0.717) is 43.8 Å². The summed E-state index contributed by atoms with van der Waals surface area (Å²) in [4.78, 5) is 11.0. The van der Waals surface area contributed by atoms with E-state index in [0.717, 1.165) is 54.4 Å². The second kappa shape index (κ2) is 12.7. The molecule has 0 bridgehead atoms. The molecule has 3 aromatic rings. The summed E-state index contributed by atoms with van der Waals surface area (Å²) in [7, 11) is 1.73. The molecule has 1 fully saturated rings. The molecule has 5 rings (SSSR count). The summed E-state index contributed by atoms with van der Waals surface area (Å²) in [6, 6.07) is 15.9. The summed E-state index contributed by atoms with van der Waals surface area (Å²) in [6.45, 7) is 8.60. The Kier molecular flexibility index (Phi) is 8.93. The number of rotatable bonds is 10. The minimum absolute atomic E-state index is 0.157. The fourth-order valence-corrected chi connectivity index (χ4v) is 5.33. The molecule has 0 unspecified atom stereocenters. The third-order valence-corrected chi connectivity index (χ3v) is 7.17. The number of piperidine rings is 1. The molecule has 1 aromatic heterocycles. The molecule has 3 heterocycles. The standard InChI is InChI=1S/C30H38N4O5/c1-20-15-29(33-21(2)32-20)39-24-8-6-23(7-9-24)30-26(35)17-31-18-28(30)38-19-22-5-10-27-25(16-22)34(12-14-37-27)11-4-13-36-3/h5-10,15-16,26,28,30-31,35H,4,11-14,17-19H2,1-3H3/t26-,28+,30+/m1/s1. The van der Waals surface area contributed by atoms with Crippen molar-refractivity contribution in [3.8, 4) is 17.4 Å². The van der Waals surface area contributed by atoms with Gasteiger partial charge in [0.05, 0.1) is 31.0 Å². The second-order valence-electron chi connectivity index (χ2n) is 10.2. The van der Waals surface area contributed by atoms with Crippen molar-refractivity contribution in [1.29, 1.82) is 0 Å². The minimum atomic E-state index is -0.559. The topological polar surface area (TPSA) is 98.2 Å². The predicted molar refractivity (Wildman–Crippen MR) is 149 cm³/mol. The first kappa shape index (κ1) is 27.3. The van der Waals surface area contributed by atoms with Crippen LogP contribution in [0.25, 0.3) is 0 Å². The van der Waals surface area contributed by atoms with Gasteiger partial charge in [-0.05, 0) is 55.7 Å². The molecule has 2 aliphatic rings. The van der Waals surface area contributed by atoms with E-state index in [-0.39, 0.29) is 12.0 Å². The van der Waals surface area contributed by atoms with Crippen LogP contribution in [0.4, 0.5) is 5.69 Å². The van der Waals surface area contributed by atoms with Crippen LogP contribution in [0.1, 0.15) is 35.0 Å². The van der Waals surface area contributed by atoms with Crippen molar-refractivity contribution in [2.45, 2.75) is 45.0 Å². The Balaban J connectivity index is 1.26. The Morgan fingerprint density at radius 1 is 1.08 bits per heavy atom. The van der Waals surface area contributed by atoms with Gasteiger partial charge in [0.25, 0.3) is 0 Å². The molecule has 2 aromatic carbocycles. The highest BCUT2D eigenvalue weighted by atomic mass is 16.5. The zero-order valence-electron chi connectivity index (χ0n) is 22.9. The molecule has 0 amide bonds. The van der Waals surface area contributed by atoms with E-state index in [1.54, 1.807) is 7.11 Å². The minimum Gasteiger partial charge on any atom is -0.490 e. The summed E-state index contributed by atoms with van der Waals surface area (Å²) >= 11 is 0. The number of nitrogens with one attached hydrogen (secondary N) is 1. The monoisotopic (exact) mass is 534 g/mol. The van der Waals surface area contributed by atoms with Gasteiger partial charge in [-0.25, -0.2) is 4.98 Å². The number of aryl methyl sites for hydroxylation is 2. The van der Waals surface area contributed by atoms with Gasteiger partial charge in [-0.1, -0.05) is 18.2 Å². The van der Waals surface area contributed by atoms with Crippen molar-refractivity contribution < 1.29 is 24.1 Å². The van der Waals surface area contributed by atoms with Crippen LogP contribution < -0.4 is 19.7 Å². The van der Waals surface area contributed by atoms with Gasteiger partial charge in [-0.3, -0.25) is 0 Å². The number of anilines is 1. The van der Waals surface area contributed by atoms with Crippen molar-refractivity contribution in [3.63, 3.8) is 0 Å². The molecule has 1 saturated heterocycles. The molecule has 208 valence electrons. The normalized spacial score (nSPS) is 20.8. The molecular weight excluding hydrogens is 496 g/mol. The quantitative estimate of drug-likeness (QED) is 0.377. The zero-order chi connectivity index (χ0) is 27.2. The predicted octanol–water partition coefficient (Wildman–Crippen LogP) is 3.75. The highest BCUT2D eigenvalue weighted by Gasteiger charge is 2.34. The van der Waals surface area contributed by atoms with Crippen LogP contribution in [0, 0.1) is 13.8 Å². The van der Waals surface area contributed by atoms with E-state index in [1.807, 2.05) is 50.2 Å². The lowest BCUT2D eigenvalue weighted by Gasteiger charge is -2.36. The average molecular weight is 535 g/mol. The van der Waals surface area contributed by atoms with E-state index >= 15 is 0 Å². The fraction of sp³-hybridized carbons (Fsp3) is 0.467. The van der Waals surface area contributed by atoms with Gasteiger partial charge in [0.15, 0.2) is 0 Å². The molecule has 3 atom stereocenters. The number of methoxy groups -OCH3 is 1. The number of hydrogen-bond donors (Lipinski definition) is 2. The van der Waals surface area contributed by atoms with Crippen LogP contribution >= 0.6 is 0 Å². The van der Waals surface area contributed by atoms with Crippen LogP contribution in [0.5, 0.6) is 17.4 Å². The van der Waals surface area contributed by atoms with E-state index in [1.165, 1.54) is 0 Å². The van der Waals surface area contributed by atoms with Crippen LogP contribution in [0.2, 0.25) is 0 Å². The van der Waals surface area contributed by atoms with Gasteiger partial charge in [0, 0.05) is 51.0 Å². The van der Waals surface area contributed by atoms with Gasteiger partial charge in [0.1, 0.15) is 23.9 Å². The zero-order valence-corrected chi connectivity index (χ0v) is 22.9. The van der Waals surface area contributed by atoms with E-state index in [2.05, 4.69) is 32.3 Å². The van der Waals surface area contributed by atoms with Gasteiger partial charge in [-0.15, -0.1) is 0 Å². The van der Waals surface area contributed by atoms with E-state index < -0.39 is 6.10 Å². The van der Waals surface area contributed by atoms with Crippen molar-refractivity contribution in [1.82, 2.24) is 15.3 Å². The molecule has 0 radical (unpaired) electrons. The molecule has 39 heavy (non-hydrogen) atoms. The SMILES string of the molecule is COCCCN1CCOc2ccc(CO[C@H]3CNC[C@@H](O)[C@@H]3c3ccc(Oc4cc(C)nc(C)n4)cc3)cc21. The Labute approximate surface area is 230 Å². The number of aromatic nitrogens is 2. The summed E-state index contributed by atoms with van der Waals surface area (Å²) in [5, 5.41) is 14.2. The highest BCUT2D eigenvalue weighted by molar-refractivity contribution is 5.61. The molecule has 2 aliphatic heterocycles. The molecule has 0 spiro atoms. The highest BCUT2D eigenvalue weighted by Crippen LogP contribution is 2.34. The number of aliphatic hydroxyl groups is 1. The molecule has 0 saturated carbocycles. The molecule has 0 aliphatic carbocycles. The lowest BCUT2D eigenvalue weighted by atomic mass is 9.85. The maximum absolute atomic E-state index is 10.9. The van der Waals surface area contributed by atoms with Crippen LogP contribution in [0.3, 0.4) is 0 Å². The maximum atomic E-state index is 10.9. The smallest absolute Gasteiger partial charge is 0.222 e. The third-order valence-electron chi connectivity index (χ3n) is 7.17. The average Bonchev–Trinajstić information content (AvgIpc) is 2.92. The molecule has 2 N–H and O–H groups in total. The van der Waals surface area contributed by atoms with Gasteiger partial charge < -0.3 is 34.3 Å². The Morgan fingerprint density at radius 3 is 2.72 bits per heavy atom. The maximum Gasteiger partial charge on any atom is 0.222 e. The lowest BCUT2D eigenvalue weighted by molar-refractivity contribution is -0.0328. The van der Waals surface area contributed by atoms with Gasteiger partial charge in [-0.2, -0.15) is 4.98 Å². The Bertz CT molecular complexity index is 1220. The number of benzene rings is 2. The van der Waals surface area contributed by atoms with E-state index in [9.17, 15) is 5.11 Å². The number of hydrogen-bond acceptors (Lipinski definition) is 9. The van der Waals surface area contributed by atoms with Crippen molar-refractivity contribution in [2.75, 3.05) is 51.4 Å². The van der Waals surface area contributed by atoms with Crippen LogP contribution in [0.15, 0.2) is 48.5 Å². The van der Waals surface area contributed by atoms with Gasteiger partial charge in [0.2, 0.25) is 5.88 Å². The van der Waals surface area contributed by atoms with Crippen molar-refractivity contribution in [3.05, 3.63) is 71.2 Å². The summed E-state index contributed by atoms with van der Waals surface area (Å²) in [5.74, 6) is 2.62. The fourth-order valence-electron chi connectivity index (χ4n) is 5.33. The van der Waals surface area contributed by atoms with Crippen molar-refractivity contribution in [2.24, 2.45) is 0 Å². The van der Waals surface area contributed by atoms with E-state index in [4.69, 9.17) is 18.9 Å². The van der Waals surface area contributed by atoms with Crippen LogP contribution in [-0.2, 0) is 16.1 Å². The number of aliphatic hydroxyl groups excluding tert-OH is 1.